The number of aliphatic hydroxyl groups excluding tert-OH is 1. The summed E-state index contributed by atoms with van der Waals surface area (Å²) < 4.78 is 0. The van der Waals surface area contributed by atoms with Gasteiger partial charge in [-0.05, 0) is 38.2 Å². The van der Waals surface area contributed by atoms with Crippen LogP contribution in [0.25, 0.3) is 0 Å². The molecule has 0 bridgehead atoms. The van der Waals surface area contributed by atoms with Gasteiger partial charge in [-0.1, -0.05) is 43.2 Å². The Morgan fingerprint density at radius 3 is 2.67 bits per heavy atom. The molecule has 0 radical (unpaired) electrons. The molecule has 1 saturated carbocycles. The van der Waals surface area contributed by atoms with Crippen LogP contribution in [0, 0.1) is 0 Å². The standard InChI is InChI=1S/C16H25NO/c1-13(11-12-14-7-3-2-4-8-14)17-15-9-5-6-10-16(15)18/h2-4,7-8,13,15-18H,5-6,9-12H2,1H3. The molecule has 0 aromatic heterocycles. The third kappa shape index (κ3) is 4.11. The fraction of sp³-hybridized carbons (Fsp3) is 0.625. The molecule has 18 heavy (non-hydrogen) atoms. The molecule has 2 N–H and O–H groups in total. The second kappa shape index (κ2) is 6.91. The fourth-order valence-electron chi connectivity index (χ4n) is 2.78. The maximum absolute atomic E-state index is 9.94. The highest BCUT2D eigenvalue weighted by atomic mass is 16.3. The largest absolute Gasteiger partial charge is 0.392 e. The van der Waals surface area contributed by atoms with Crippen molar-refractivity contribution in [2.75, 3.05) is 0 Å². The quantitative estimate of drug-likeness (QED) is 0.838. The normalized spacial score (nSPS) is 25.9. The molecule has 0 heterocycles. The van der Waals surface area contributed by atoms with Gasteiger partial charge < -0.3 is 10.4 Å². The Labute approximate surface area is 110 Å². The lowest BCUT2D eigenvalue weighted by Crippen LogP contribution is -2.46. The lowest BCUT2D eigenvalue weighted by Gasteiger charge is -2.31. The number of aryl methyl sites for hydroxylation is 1. The fourth-order valence-corrected chi connectivity index (χ4v) is 2.78. The summed E-state index contributed by atoms with van der Waals surface area (Å²) in [6.45, 7) is 2.23. The van der Waals surface area contributed by atoms with Gasteiger partial charge in [-0.3, -0.25) is 0 Å². The second-order valence-electron chi connectivity index (χ2n) is 5.55. The molecule has 1 aliphatic rings. The van der Waals surface area contributed by atoms with Crippen molar-refractivity contribution in [2.24, 2.45) is 0 Å². The molecule has 0 amide bonds. The van der Waals surface area contributed by atoms with E-state index in [0.29, 0.717) is 12.1 Å². The van der Waals surface area contributed by atoms with E-state index in [1.165, 1.54) is 18.4 Å². The molecule has 0 aliphatic heterocycles. The smallest absolute Gasteiger partial charge is 0.0693 e. The number of hydrogen-bond donors (Lipinski definition) is 2. The van der Waals surface area contributed by atoms with Crippen LogP contribution in [0.5, 0.6) is 0 Å². The number of benzene rings is 1. The van der Waals surface area contributed by atoms with E-state index < -0.39 is 0 Å². The summed E-state index contributed by atoms with van der Waals surface area (Å²) in [6.07, 6.45) is 6.61. The zero-order valence-corrected chi connectivity index (χ0v) is 11.3. The van der Waals surface area contributed by atoms with E-state index in [1.54, 1.807) is 0 Å². The zero-order valence-electron chi connectivity index (χ0n) is 11.3. The molecule has 2 heteroatoms. The van der Waals surface area contributed by atoms with Crippen LogP contribution in [0.4, 0.5) is 0 Å². The third-order valence-electron chi connectivity index (χ3n) is 3.94. The third-order valence-corrected chi connectivity index (χ3v) is 3.94. The van der Waals surface area contributed by atoms with E-state index in [1.807, 2.05) is 0 Å². The minimum absolute atomic E-state index is 0.141. The average Bonchev–Trinajstić information content (AvgIpc) is 2.40. The maximum Gasteiger partial charge on any atom is 0.0693 e. The van der Waals surface area contributed by atoms with Crippen LogP contribution < -0.4 is 5.32 Å². The zero-order chi connectivity index (χ0) is 12.8. The van der Waals surface area contributed by atoms with Gasteiger partial charge in [-0.25, -0.2) is 0 Å². The van der Waals surface area contributed by atoms with Crippen molar-refractivity contribution in [3.05, 3.63) is 35.9 Å². The molecule has 1 fully saturated rings. The van der Waals surface area contributed by atoms with Crippen molar-refractivity contribution >= 4 is 0 Å². The maximum atomic E-state index is 9.94. The lowest BCUT2D eigenvalue weighted by molar-refractivity contribution is 0.0854. The van der Waals surface area contributed by atoms with E-state index in [-0.39, 0.29) is 6.10 Å². The molecule has 100 valence electrons. The molecule has 0 spiro atoms. The minimum atomic E-state index is -0.141. The first-order chi connectivity index (χ1) is 8.75. The predicted molar refractivity (Wildman–Crippen MR) is 75.6 cm³/mol. The van der Waals surface area contributed by atoms with Gasteiger partial charge in [0.1, 0.15) is 0 Å². The highest BCUT2D eigenvalue weighted by Crippen LogP contribution is 2.19. The van der Waals surface area contributed by atoms with E-state index in [0.717, 1.165) is 25.7 Å². The molecule has 1 aliphatic carbocycles. The van der Waals surface area contributed by atoms with Gasteiger partial charge in [-0.15, -0.1) is 0 Å². The number of rotatable bonds is 5. The van der Waals surface area contributed by atoms with Crippen LogP contribution in [0.3, 0.4) is 0 Å². The summed E-state index contributed by atoms with van der Waals surface area (Å²) in [4.78, 5) is 0. The molecular weight excluding hydrogens is 222 g/mol. The van der Waals surface area contributed by atoms with Crippen LogP contribution in [0.2, 0.25) is 0 Å². The summed E-state index contributed by atoms with van der Waals surface area (Å²) in [5.41, 5.74) is 1.40. The molecule has 2 rings (SSSR count). The summed E-state index contributed by atoms with van der Waals surface area (Å²) >= 11 is 0. The van der Waals surface area contributed by atoms with Gasteiger partial charge in [0.05, 0.1) is 6.10 Å². The van der Waals surface area contributed by atoms with Gasteiger partial charge in [0, 0.05) is 12.1 Å². The first-order valence-corrected chi connectivity index (χ1v) is 7.24. The van der Waals surface area contributed by atoms with E-state index in [9.17, 15) is 5.11 Å². The first kappa shape index (κ1) is 13.6. The Hall–Kier alpha value is -0.860. The Morgan fingerprint density at radius 2 is 1.94 bits per heavy atom. The van der Waals surface area contributed by atoms with Crippen molar-refractivity contribution in [1.29, 1.82) is 0 Å². The number of nitrogens with one attached hydrogen (secondary N) is 1. The molecule has 3 atom stereocenters. The summed E-state index contributed by atoms with van der Waals surface area (Å²) in [5, 5.41) is 13.5. The van der Waals surface area contributed by atoms with Crippen molar-refractivity contribution < 1.29 is 5.11 Å². The molecule has 0 saturated heterocycles. The summed E-state index contributed by atoms with van der Waals surface area (Å²) in [6, 6.07) is 11.4. The van der Waals surface area contributed by atoms with Gasteiger partial charge in [0.25, 0.3) is 0 Å². The highest BCUT2D eigenvalue weighted by molar-refractivity contribution is 5.14. The van der Waals surface area contributed by atoms with Gasteiger partial charge in [-0.2, -0.15) is 0 Å². The van der Waals surface area contributed by atoms with E-state index >= 15 is 0 Å². The molecule has 2 nitrogen and oxygen atoms in total. The Bertz CT molecular complexity index is 338. The van der Waals surface area contributed by atoms with Crippen molar-refractivity contribution in [2.45, 2.75) is 63.6 Å². The van der Waals surface area contributed by atoms with Crippen LogP contribution in [-0.2, 0) is 6.42 Å². The topological polar surface area (TPSA) is 32.3 Å². The van der Waals surface area contributed by atoms with Crippen LogP contribution in [0.1, 0.15) is 44.6 Å². The van der Waals surface area contributed by atoms with Gasteiger partial charge in [0.15, 0.2) is 0 Å². The minimum Gasteiger partial charge on any atom is -0.392 e. The highest BCUT2D eigenvalue weighted by Gasteiger charge is 2.23. The predicted octanol–water partition coefficient (Wildman–Crippen LogP) is 2.90. The van der Waals surface area contributed by atoms with Crippen LogP contribution in [-0.4, -0.2) is 23.3 Å². The molecular formula is C16H25NO. The Kier molecular flexibility index (Phi) is 5.21. The summed E-state index contributed by atoms with van der Waals surface area (Å²) in [5.74, 6) is 0. The van der Waals surface area contributed by atoms with Crippen molar-refractivity contribution in [1.82, 2.24) is 5.32 Å². The van der Waals surface area contributed by atoms with Gasteiger partial charge in [0.2, 0.25) is 0 Å². The van der Waals surface area contributed by atoms with E-state index in [2.05, 4.69) is 42.6 Å². The van der Waals surface area contributed by atoms with Crippen molar-refractivity contribution in [3.63, 3.8) is 0 Å². The molecule has 3 unspecified atom stereocenters. The second-order valence-corrected chi connectivity index (χ2v) is 5.55. The molecule has 1 aromatic carbocycles. The van der Waals surface area contributed by atoms with Crippen LogP contribution >= 0.6 is 0 Å². The Balaban J connectivity index is 1.73. The first-order valence-electron chi connectivity index (χ1n) is 7.24. The van der Waals surface area contributed by atoms with Crippen molar-refractivity contribution in [3.8, 4) is 0 Å². The summed E-state index contributed by atoms with van der Waals surface area (Å²) in [7, 11) is 0. The Morgan fingerprint density at radius 1 is 1.22 bits per heavy atom. The van der Waals surface area contributed by atoms with Crippen LogP contribution in [0.15, 0.2) is 30.3 Å². The average molecular weight is 247 g/mol. The molecule has 1 aromatic rings. The van der Waals surface area contributed by atoms with Gasteiger partial charge >= 0.3 is 0 Å². The monoisotopic (exact) mass is 247 g/mol. The lowest BCUT2D eigenvalue weighted by atomic mass is 9.91. The number of aliphatic hydroxyl groups is 1. The van der Waals surface area contributed by atoms with E-state index in [4.69, 9.17) is 0 Å². The number of hydrogen-bond acceptors (Lipinski definition) is 2. The SMILES string of the molecule is CC(CCc1ccccc1)NC1CCCCC1O.